The lowest BCUT2D eigenvalue weighted by atomic mass is 10.0. The van der Waals surface area contributed by atoms with E-state index in [4.69, 9.17) is 8.83 Å². The summed E-state index contributed by atoms with van der Waals surface area (Å²) in [6.07, 6.45) is 0. The van der Waals surface area contributed by atoms with E-state index in [-0.39, 0.29) is 0 Å². The summed E-state index contributed by atoms with van der Waals surface area (Å²) >= 11 is 1.86. The van der Waals surface area contributed by atoms with Gasteiger partial charge in [-0.3, -0.25) is 0 Å². The van der Waals surface area contributed by atoms with Gasteiger partial charge in [-0.15, -0.1) is 11.3 Å². The van der Waals surface area contributed by atoms with Crippen molar-refractivity contribution in [1.29, 1.82) is 0 Å². The molecule has 3 heterocycles. The van der Waals surface area contributed by atoms with Crippen LogP contribution < -0.4 is 4.90 Å². The van der Waals surface area contributed by atoms with Crippen LogP contribution in [0, 0.1) is 0 Å². The highest BCUT2D eigenvalue weighted by Gasteiger charge is 2.21. The van der Waals surface area contributed by atoms with Gasteiger partial charge in [0, 0.05) is 58.7 Å². The summed E-state index contributed by atoms with van der Waals surface area (Å²) in [6, 6.07) is 67.2. The molecular weight excluding hydrogens is 703 g/mol. The second-order valence-electron chi connectivity index (χ2n) is 14.4. The maximum absolute atomic E-state index is 6.80. The van der Waals surface area contributed by atoms with Crippen molar-refractivity contribution in [2.24, 2.45) is 0 Å². The number of hydrogen-bond donors (Lipinski definition) is 0. The van der Waals surface area contributed by atoms with E-state index in [9.17, 15) is 0 Å². The van der Waals surface area contributed by atoms with Crippen molar-refractivity contribution in [2.75, 3.05) is 4.90 Å². The van der Waals surface area contributed by atoms with Crippen molar-refractivity contribution in [3.8, 4) is 22.3 Å². The highest BCUT2D eigenvalue weighted by molar-refractivity contribution is 7.26. The van der Waals surface area contributed by atoms with Gasteiger partial charge in [0.05, 0.1) is 5.69 Å². The fraction of sp³-hybridized carbons (Fsp3) is 0. The van der Waals surface area contributed by atoms with Gasteiger partial charge in [0.2, 0.25) is 0 Å². The van der Waals surface area contributed by atoms with Crippen molar-refractivity contribution in [1.82, 2.24) is 0 Å². The van der Waals surface area contributed by atoms with Gasteiger partial charge in [0.15, 0.2) is 5.58 Å². The summed E-state index contributed by atoms with van der Waals surface area (Å²) in [6.45, 7) is 0. The first-order valence-electron chi connectivity index (χ1n) is 18.9. The molecule has 0 bridgehead atoms. The number of anilines is 3. The van der Waals surface area contributed by atoms with Gasteiger partial charge in [0.25, 0.3) is 0 Å². The second-order valence-corrected chi connectivity index (χ2v) is 15.5. The van der Waals surface area contributed by atoms with E-state index >= 15 is 0 Å². The third-order valence-corrected chi connectivity index (χ3v) is 12.5. The van der Waals surface area contributed by atoms with Gasteiger partial charge in [-0.25, -0.2) is 0 Å². The molecule has 12 aromatic rings. The first-order chi connectivity index (χ1) is 27.7. The molecule has 0 spiro atoms. The summed E-state index contributed by atoms with van der Waals surface area (Å²) < 4.78 is 15.9. The molecule has 56 heavy (non-hydrogen) atoms. The summed E-state index contributed by atoms with van der Waals surface area (Å²) in [7, 11) is 0. The summed E-state index contributed by atoms with van der Waals surface area (Å²) in [4.78, 5) is 2.32. The fourth-order valence-corrected chi connectivity index (χ4v) is 9.84. The molecule has 0 amide bonds. The number of fused-ring (bicyclic) bond motifs is 10. The molecule has 12 rings (SSSR count). The number of para-hydroxylation sites is 3. The van der Waals surface area contributed by atoms with E-state index in [1.807, 2.05) is 23.5 Å². The molecule has 0 aliphatic heterocycles. The van der Waals surface area contributed by atoms with E-state index in [0.717, 1.165) is 77.5 Å². The number of benzene rings is 9. The molecule has 0 atom stereocenters. The van der Waals surface area contributed by atoms with Crippen LogP contribution in [0.25, 0.3) is 97.1 Å². The number of thiophene rings is 1. The fourth-order valence-electron chi connectivity index (χ4n) is 8.60. The first kappa shape index (κ1) is 31.2. The lowest BCUT2D eigenvalue weighted by Crippen LogP contribution is -2.10. The Balaban J connectivity index is 1.02. The normalized spacial score (nSPS) is 11.9. The Labute approximate surface area is 325 Å². The number of furan rings is 2. The molecule has 0 saturated carbocycles. The topological polar surface area (TPSA) is 29.5 Å². The summed E-state index contributed by atoms with van der Waals surface area (Å²) in [5.41, 5.74) is 11.2. The van der Waals surface area contributed by atoms with Gasteiger partial charge in [-0.1, -0.05) is 133 Å². The second kappa shape index (κ2) is 12.2. The number of nitrogens with zero attached hydrogens (tertiary/aromatic N) is 1. The quantitative estimate of drug-likeness (QED) is 0.176. The van der Waals surface area contributed by atoms with Gasteiger partial charge in [-0.05, 0) is 82.1 Å². The molecule has 9 aromatic carbocycles. The van der Waals surface area contributed by atoms with Crippen molar-refractivity contribution >= 4 is 103 Å². The van der Waals surface area contributed by atoms with Crippen LogP contribution in [-0.4, -0.2) is 0 Å². The standard InChI is InChI=1S/C52H31NO2S/c1-2-11-35-31-48-45(30-34(35)10-1)43-17-9-19-46(51(43)55-48)53(36-26-22-32(23-27-36)38-14-7-16-42-40-12-3-5-20-47(40)54-50(38)42)37-28-24-33(25-29-37)39-15-8-18-44-41-13-4-6-21-49(41)56-52(39)44/h1-31H. The molecule has 0 N–H and O–H groups in total. The minimum Gasteiger partial charge on any atom is -0.455 e. The van der Waals surface area contributed by atoms with Crippen molar-refractivity contribution < 1.29 is 8.83 Å². The monoisotopic (exact) mass is 733 g/mol. The lowest BCUT2D eigenvalue weighted by molar-refractivity contribution is 0.669. The Morgan fingerprint density at radius 2 is 0.946 bits per heavy atom. The molecule has 4 heteroatoms. The lowest BCUT2D eigenvalue weighted by Gasteiger charge is -2.26. The number of rotatable bonds is 5. The predicted molar refractivity (Wildman–Crippen MR) is 237 cm³/mol. The van der Waals surface area contributed by atoms with Crippen molar-refractivity contribution in [3.05, 3.63) is 188 Å². The average molecular weight is 734 g/mol. The van der Waals surface area contributed by atoms with E-state index in [0.29, 0.717) is 0 Å². The molecule has 0 unspecified atom stereocenters. The van der Waals surface area contributed by atoms with Crippen LogP contribution in [0.15, 0.2) is 197 Å². The van der Waals surface area contributed by atoms with Crippen LogP contribution in [-0.2, 0) is 0 Å². The van der Waals surface area contributed by atoms with E-state index in [2.05, 4.69) is 181 Å². The molecule has 0 aliphatic rings. The summed E-state index contributed by atoms with van der Waals surface area (Å²) in [5.74, 6) is 0. The Bertz CT molecular complexity index is 3320. The Morgan fingerprint density at radius 1 is 0.375 bits per heavy atom. The molecule has 0 saturated heterocycles. The predicted octanol–water partition coefficient (Wildman–Crippen LogP) is 15.8. The highest BCUT2D eigenvalue weighted by atomic mass is 32.1. The van der Waals surface area contributed by atoms with Crippen LogP contribution in [0.3, 0.4) is 0 Å². The Morgan fingerprint density at radius 3 is 1.73 bits per heavy atom. The minimum absolute atomic E-state index is 0.855. The first-order valence-corrected chi connectivity index (χ1v) is 19.7. The van der Waals surface area contributed by atoms with Crippen LogP contribution in [0.4, 0.5) is 17.1 Å². The van der Waals surface area contributed by atoms with Gasteiger partial charge < -0.3 is 13.7 Å². The maximum Gasteiger partial charge on any atom is 0.159 e. The van der Waals surface area contributed by atoms with Crippen LogP contribution in [0.2, 0.25) is 0 Å². The van der Waals surface area contributed by atoms with Gasteiger partial charge in [-0.2, -0.15) is 0 Å². The van der Waals surface area contributed by atoms with E-state index < -0.39 is 0 Å². The molecule has 0 radical (unpaired) electrons. The average Bonchev–Trinajstić information content (AvgIpc) is 3.95. The van der Waals surface area contributed by atoms with Crippen LogP contribution >= 0.6 is 11.3 Å². The number of hydrogen-bond acceptors (Lipinski definition) is 4. The van der Waals surface area contributed by atoms with Crippen molar-refractivity contribution in [3.63, 3.8) is 0 Å². The third-order valence-electron chi connectivity index (χ3n) is 11.3. The highest BCUT2D eigenvalue weighted by Crippen LogP contribution is 2.45. The Kier molecular flexibility index (Phi) is 6.80. The maximum atomic E-state index is 6.80. The zero-order valence-electron chi connectivity index (χ0n) is 30.1. The van der Waals surface area contributed by atoms with Gasteiger partial charge >= 0.3 is 0 Å². The van der Waals surface area contributed by atoms with E-state index in [1.54, 1.807) is 0 Å². The molecule has 0 aliphatic carbocycles. The molecule has 3 aromatic heterocycles. The molecule has 3 nitrogen and oxygen atoms in total. The zero-order chi connectivity index (χ0) is 36.7. The third kappa shape index (κ3) is 4.76. The SMILES string of the molecule is c1ccc2cc3c(cc2c1)oc1c(N(c2ccc(-c4cccc5c4oc4ccccc45)cc2)c2ccc(-c4cccc5c4sc4ccccc45)cc2)cccc13. The van der Waals surface area contributed by atoms with E-state index in [1.165, 1.54) is 36.7 Å². The molecular formula is C52H31NO2S. The van der Waals surface area contributed by atoms with Crippen LogP contribution in [0.1, 0.15) is 0 Å². The van der Waals surface area contributed by atoms with Gasteiger partial charge in [0.1, 0.15) is 16.7 Å². The van der Waals surface area contributed by atoms with Crippen molar-refractivity contribution in [2.45, 2.75) is 0 Å². The molecule has 262 valence electrons. The zero-order valence-corrected chi connectivity index (χ0v) is 30.9. The minimum atomic E-state index is 0.855. The van der Waals surface area contributed by atoms with Crippen LogP contribution in [0.5, 0.6) is 0 Å². The summed E-state index contributed by atoms with van der Waals surface area (Å²) in [5, 5.41) is 9.43. The Hall–Kier alpha value is -7.14. The largest absolute Gasteiger partial charge is 0.455 e. The smallest absolute Gasteiger partial charge is 0.159 e. The molecule has 0 fully saturated rings.